The maximum atomic E-state index is 2.56. The van der Waals surface area contributed by atoms with E-state index in [4.69, 9.17) is 0 Å². The molecule has 0 amide bonds. The molecule has 1 heterocycles. The molecule has 0 radical (unpaired) electrons. The Hall–Kier alpha value is -1.44. The van der Waals surface area contributed by atoms with Crippen molar-refractivity contribution in [3.05, 3.63) is 48.3 Å². The van der Waals surface area contributed by atoms with Crippen LogP contribution in [0.15, 0.2) is 42.7 Å². The summed E-state index contributed by atoms with van der Waals surface area (Å²) in [5.74, 6) is 0. The SMILES string of the molecule is CCCCCCCCN1C=CN(CCC)C1Cc1ccccc1. The summed E-state index contributed by atoms with van der Waals surface area (Å²) in [5, 5.41) is 0. The van der Waals surface area contributed by atoms with Gasteiger partial charge < -0.3 is 9.80 Å². The number of hydrogen-bond acceptors (Lipinski definition) is 2. The first-order valence-electron chi connectivity index (χ1n) is 9.59. The number of rotatable bonds is 11. The third kappa shape index (κ3) is 5.93. The number of nitrogens with zero attached hydrogens (tertiary/aromatic N) is 2. The Morgan fingerprint density at radius 2 is 1.39 bits per heavy atom. The molecule has 1 aliphatic heterocycles. The van der Waals surface area contributed by atoms with Crippen molar-refractivity contribution in [3.63, 3.8) is 0 Å². The van der Waals surface area contributed by atoms with Gasteiger partial charge in [0.2, 0.25) is 0 Å². The fourth-order valence-corrected chi connectivity index (χ4v) is 3.40. The Labute approximate surface area is 143 Å². The van der Waals surface area contributed by atoms with E-state index in [1.165, 1.54) is 57.1 Å². The van der Waals surface area contributed by atoms with Gasteiger partial charge in [0.05, 0.1) is 0 Å². The van der Waals surface area contributed by atoms with Gasteiger partial charge in [-0.15, -0.1) is 0 Å². The summed E-state index contributed by atoms with van der Waals surface area (Å²) in [6.07, 6.45) is 15.7. The normalized spacial score (nSPS) is 17.2. The summed E-state index contributed by atoms with van der Waals surface area (Å²) in [4.78, 5) is 5.08. The van der Waals surface area contributed by atoms with E-state index in [-0.39, 0.29) is 0 Å². The van der Waals surface area contributed by atoms with E-state index in [2.05, 4.69) is 66.4 Å². The second-order valence-corrected chi connectivity index (χ2v) is 6.71. The maximum absolute atomic E-state index is 2.56. The van der Waals surface area contributed by atoms with E-state index in [1.54, 1.807) is 0 Å². The molecular weight excluding hydrogens is 280 g/mol. The van der Waals surface area contributed by atoms with E-state index >= 15 is 0 Å². The molecule has 23 heavy (non-hydrogen) atoms. The zero-order chi connectivity index (χ0) is 16.3. The van der Waals surface area contributed by atoms with Crippen LogP contribution in [0, 0.1) is 0 Å². The van der Waals surface area contributed by atoms with Gasteiger partial charge in [0, 0.05) is 31.9 Å². The average molecular weight is 315 g/mol. The average Bonchev–Trinajstić information content (AvgIpc) is 2.94. The molecular formula is C21H34N2. The lowest BCUT2D eigenvalue weighted by molar-refractivity contribution is 0.150. The Kier molecular flexibility index (Phi) is 8.06. The van der Waals surface area contributed by atoms with Crippen molar-refractivity contribution < 1.29 is 0 Å². The lowest BCUT2D eigenvalue weighted by Gasteiger charge is -2.33. The Morgan fingerprint density at radius 1 is 0.739 bits per heavy atom. The van der Waals surface area contributed by atoms with Crippen molar-refractivity contribution in [3.8, 4) is 0 Å². The molecule has 1 aromatic carbocycles. The summed E-state index contributed by atoms with van der Waals surface area (Å²) in [6.45, 7) is 6.90. The number of benzene rings is 1. The highest BCUT2D eigenvalue weighted by Crippen LogP contribution is 2.21. The van der Waals surface area contributed by atoms with Gasteiger partial charge in [0.15, 0.2) is 0 Å². The predicted molar refractivity (Wildman–Crippen MR) is 100 cm³/mol. The van der Waals surface area contributed by atoms with Gasteiger partial charge in [0.1, 0.15) is 6.17 Å². The molecule has 2 rings (SSSR count). The summed E-state index contributed by atoms with van der Waals surface area (Å²) in [6, 6.07) is 10.9. The first-order chi connectivity index (χ1) is 11.3. The van der Waals surface area contributed by atoms with Crippen molar-refractivity contribution >= 4 is 0 Å². The van der Waals surface area contributed by atoms with Crippen LogP contribution in [0.4, 0.5) is 0 Å². The van der Waals surface area contributed by atoms with Crippen molar-refractivity contribution in [2.45, 2.75) is 71.4 Å². The van der Waals surface area contributed by atoms with Gasteiger partial charge >= 0.3 is 0 Å². The van der Waals surface area contributed by atoms with Crippen molar-refractivity contribution in [2.75, 3.05) is 13.1 Å². The smallest absolute Gasteiger partial charge is 0.105 e. The predicted octanol–water partition coefficient (Wildman–Crippen LogP) is 5.41. The van der Waals surface area contributed by atoms with Gasteiger partial charge in [-0.05, 0) is 18.4 Å². The minimum Gasteiger partial charge on any atom is -0.356 e. The quantitative estimate of drug-likeness (QED) is 0.504. The molecule has 0 aliphatic carbocycles. The molecule has 1 unspecified atom stereocenters. The fraction of sp³-hybridized carbons (Fsp3) is 0.619. The van der Waals surface area contributed by atoms with Crippen LogP contribution >= 0.6 is 0 Å². The number of unbranched alkanes of at least 4 members (excludes halogenated alkanes) is 5. The molecule has 2 heteroatoms. The Bertz CT molecular complexity index is 440. The van der Waals surface area contributed by atoms with Crippen molar-refractivity contribution in [1.82, 2.24) is 9.80 Å². The van der Waals surface area contributed by atoms with Crippen LogP contribution in [0.3, 0.4) is 0 Å². The van der Waals surface area contributed by atoms with Crippen molar-refractivity contribution in [2.24, 2.45) is 0 Å². The molecule has 0 N–H and O–H groups in total. The zero-order valence-electron chi connectivity index (χ0n) is 15.1. The molecule has 128 valence electrons. The highest BCUT2D eigenvalue weighted by atomic mass is 15.4. The minimum atomic E-state index is 0.507. The van der Waals surface area contributed by atoms with E-state index in [0.29, 0.717) is 6.17 Å². The molecule has 0 bridgehead atoms. The van der Waals surface area contributed by atoms with E-state index < -0.39 is 0 Å². The van der Waals surface area contributed by atoms with Crippen LogP contribution < -0.4 is 0 Å². The molecule has 1 aliphatic rings. The Morgan fingerprint density at radius 3 is 2.09 bits per heavy atom. The molecule has 1 aromatic rings. The molecule has 1 atom stereocenters. The van der Waals surface area contributed by atoms with Crippen LogP contribution in [0.25, 0.3) is 0 Å². The van der Waals surface area contributed by atoms with Gasteiger partial charge in [-0.2, -0.15) is 0 Å². The van der Waals surface area contributed by atoms with Crippen LogP contribution in [0.1, 0.15) is 64.4 Å². The zero-order valence-corrected chi connectivity index (χ0v) is 15.1. The second kappa shape index (κ2) is 10.4. The monoisotopic (exact) mass is 314 g/mol. The fourth-order valence-electron chi connectivity index (χ4n) is 3.40. The third-order valence-corrected chi connectivity index (χ3v) is 4.73. The largest absolute Gasteiger partial charge is 0.356 e. The molecule has 0 saturated carbocycles. The topological polar surface area (TPSA) is 6.48 Å². The lowest BCUT2D eigenvalue weighted by atomic mass is 10.1. The highest BCUT2D eigenvalue weighted by molar-refractivity contribution is 5.17. The maximum Gasteiger partial charge on any atom is 0.105 e. The number of hydrogen-bond donors (Lipinski definition) is 0. The molecule has 0 saturated heterocycles. The first-order valence-corrected chi connectivity index (χ1v) is 9.59. The summed E-state index contributed by atoms with van der Waals surface area (Å²) >= 11 is 0. The molecule has 0 fully saturated rings. The van der Waals surface area contributed by atoms with E-state index in [0.717, 1.165) is 13.0 Å². The van der Waals surface area contributed by atoms with E-state index in [9.17, 15) is 0 Å². The van der Waals surface area contributed by atoms with Gasteiger partial charge in [-0.25, -0.2) is 0 Å². The third-order valence-electron chi connectivity index (χ3n) is 4.73. The lowest BCUT2D eigenvalue weighted by Crippen LogP contribution is -2.41. The molecule has 0 spiro atoms. The summed E-state index contributed by atoms with van der Waals surface area (Å²) in [5.41, 5.74) is 1.44. The second-order valence-electron chi connectivity index (χ2n) is 6.71. The molecule has 0 aromatic heterocycles. The summed E-state index contributed by atoms with van der Waals surface area (Å²) in [7, 11) is 0. The van der Waals surface area contributed by atoms with Crippen LogP contribution in [-0.2, 0) is 6.42 Å². The van der Waals surface area contributed by atoms with Gasteiger partial charge in [0.25, 0.3) is 0 Å². The first kappa shape index (κ1) is 17.9. The summed E-state index contributed by atoms with van der Waals surface area (Å²) < 4.78 is 0. The van der Waals surface area contributed by atoms with Gasteiger partial charge in [-0.3, -0.25) is 0 Å². The van der Waals surface area contributed by atoms with Crippen LogP contribution in [0.2, 0.25) is 0 Å². The Balaban J connectivity index is 1.83. The standard InChI is InChI=1S/C21H34N2/c1-3-5-6-7-8-12-16-23-18-17-22(15-4-2)21(23)19-20-13-10-9-11-14-20/h9-11,13-14,17-18,21H,3-8,12,15-16,19H2,1-2H3. The highest BCUT2D eigenvalue weighted by Gasteiger charge is 2.25. The van der Waals surface area contributed by atoms with Crippen molar-refractivity contribution in [1.29, 1.82) is 0 Å². The van der Waals surface area contributed by atoms with E-state index in [1.807, 2.05) is 0 Å². The minimum absolute atomic E-state index is 0.507. The molecule has 2 nitrogen and oxygen atoms in total. The van der Waals surface area contributed by atoms with Crippen LogP contribution in [0.5, 0.6) is 0 Å². The van der Waals surface area contributed by atoms with Crippen LogP contribution in [-0.4, -0.2) is 29.1 Å². The van der Waals surface area contributed by atoms with Gasteiger partial charge in [-0.1, -0.05) is 76.3 Å².